The van der Waals surface area contributed by atoms with E-state index in [2.05, 4.69) is 30.6 Å². The van der Waals surface area contributed by atoms with Crippen LogP contribution < -0.4 is 16.2 Å². The molecular formula is C19H21N7OS. The fraction of sp³-hybridized carbons (Fsp3) is 0.316. The van der Waals surface area contributed by atoms with Gasteiger partial charge in [-0.2, -0.15) is 0 Å². The standard InChI is InChI=1S/C19H21N7OS/c1-28-16-11-22-19(23-12-16)25-14-6-5-13(8-14)24-18-20-9-15(10-21-18)26-7-3-2-4-17(26)27/h2-4,7,9-14H,5-6,8H2,1H3,(H,20,21,24)(H,22,23,25)/t13-,14-/m0/s1. The zero-order chi connectivity index (χ0) is 19.3. The molecule has 0 unspecified atom stereocenters. The molecule has 4 rings (SSSR count). The first kappa shape index (κ1) is 18.4. The summed E-state index contributed by atoms with van der Waals surface area (Å²) < 4.78 is 1.52. The van der Waals surface area contributed by atoms with Gasteiger partial charge in [-0.1, -0.05) is 6.07 Å². The Kier molecular flexibility index (Phi) is 5.52. The number of anilines is 2. The Morgan fingerprint density at radius 2 is 1.57 bits per heavy atom. The van der Waals surface area contributed by atoms with E-state index < -0.39 is 0 Å². The Bertz CT molecular complexity index is 975. The van der Waals surface area contributed by atoms with E-state index in [0.29, 0.717) is 23.6 Å². The van der Waals surface area contributed by atoms with Gasteiger partial charge in [-0.05, 0) is 31.6 Å². The summed E-state index contributed by atoms with van der Waals surface area (Å²) in [6.07, 6.45) is 13.7. The van der Waals surface area contributed by atoms with E-state index >= 15 is 0 Å². The molecule has 0 bridgehead atoms. The van der Waals surface area contributed by atoms with Crippen molar-refractivity contribution in [2.45, 2.75) is 36.2 Å². The number of aromatic nitrogens is 5. The van der Waals surface area contributed by atoms with Crippen LogP contribution in [0.15, 0.2) is 58.9 Å². The molecule has 1 aliphatic rings. The predicted molar refractivity (Wildman–Crippen MR) is 110 cm³/mol. The molecule has 9 heteroatoms. The molecule has 0 amide bonds. The lowest BCUT2D eigenvalue weighted by Gasteiger charge is -2.15. The van der Waals surface area contributed by atoms with Crippen LogP contribution >= 0.6 is 11.8 Å². The number of hydrogen-bond acceptors (Lipinski definition) is 8. The maximum Gasteiger partial charge on any atom is 0.255 e. The van der Waals surface area contributed by atoms with Gasteiger partial charge in [0.15, 0.2) is 0 Å². The SMILES string of the molecule is CSc1cnc(N[C@H]2CC[C@H](Nc3ncc(-n4ccccc4=O)cn3)C2)nc1. The summed E-state index contributed by atoms with van der Waals surface area (Å²) in [7, 11) is 0. The summed E-state index contributed by atoms with van der Waals surface area (Å²) in [4.78, 5) is 30.3. The fourth-order valence-electron chi connectivity index (χ4n) is 3.27. The normalized spacial score (nSPS) is 18.8. The fourth-order valence-corrected chi connectivity index (χ4v) is 3.58. The van der Waals surface area contributed by atoms with E-state index in [1.807, 2.05) is 18.6 Å². The zero-order valence-electron chi connectivity index (χ0n) is 15.4. The van der Waals surface area contributed by atoms with Crippen molar-refractivity contribution in [1.29, 1.82) is 0 Å². The van der Waals surface area contributed by atoms with Crippen LogP contribution in [0.3, 0.4) is 0 Å². The van der Waals surface area contributed by atoms with Crippen molar-refractivity contribution in [1.82, 2.24) is 24.5 Å². The lowest BCUT2D eigenvalue weighted by Crippen LogP contribution is -2.22. The monoisotopic (exact) mass is 395 g/mol. The maximum atomic E-state index is 11.9. The van der Waals surface area contributed by atoms with Gasteiger partial charge in [0, 0.05) is 41.6 Å². The second kappa shape index (κ2) is 8.39. The number of pyridine rings is 1. The molecule has 8 nitrogen and oxygen atoms in total. The van der Waals surface area contributed by atoms with Gasteiger partial charge in [0.25, 0.3) is 5.56 Å². The first-order chi connectivity index (χ1) is 13.7. The first-order valence-corrected chi connectivity index (χ1v) is 10.3. The number of rotatable bonds is 6. The third-order valence-corrected chi connectivity index (χ3v) is 5.38. The third kappa shape index (κ3) is 4.30. The molecule has 3 aromatic rings. The van der Waals surface area contributed by atoms with Crippen molar-refractivity contribution in [3.8, 4) is 5.69 Å². The van der Waals surface area contributed by atoms with Crippen LogP contribution in [0.1, 0.15) is 19.3 Å². The van der Waals surface area contributed by atoms with E-state index in [1.165, 1.54) is 10.6 Å². The minimum atomic E-state index is -0.107. The number of nitrogens with one attached hydrogen (secondary N) is 2. The molecule has 2 N–H and O–H groups in total. The molecule has 0 spiro atoms. The quantitative estimate of drug-likeness (QED) is 0.615. The molecule has 1 fully saturated rings. The third-order valence-electron chi connectivity index (χ3n) is 4.70. The molecule has 0 radical (unpaired) electrons. The molecule has 3 heterocycles. The molecule has 1 aliphatic carbocycles. The largest absolute Gasteiger partial charge is 0.351 e. The summed E-state index contributed by atoms with van der Waals surface area (Å²) in [5, 5.41) is 6.77. The number of hydrogen-bond donors (Lipinski definition) is 2. The van der Waals surface area contributed by atoms with Gasteiger partial charge in [0.1, 0.15) is 0 Å². The van der Waals surface area contributed by atoms with E-state index in [-0.39, 0.29) is 11.6 Å². The highest BCUT2D eigenvalue weighted by Crippen LogP contribution is 2.24. The number of thioether (sulfide) groups is 1. The van der Waals surface area contributed by atoms with Gasteiger partial charge in [-0.25, -0.2) is 19.9 Å². The number of nitrogens with zero attached hydrogens (tertiary/aromatic N) is 5. The Morgan fingerprint density at radius 3 is 2.14 bits per heavy atom. The summed E-state index contributed by atoms with van der Waals surface area (Å²) in [6.45, 7) is 0. The van der Waals surface area contributed by atoms with Crippen LogP contribution in [0.25, 0.3) is 5.69 Å². The van der Waals surface area contributed by atoms with Crippen molar-refractivity contribution >= 4 is 23.7 Å². The molecule has 0 aliphatic heterocycles. The molecule has 0 aromatic carbocycles. The first-order valence-electron chi connectivity index (χ1n) is 9.10. The summed E-state index contributed by atoms with van der Waals surface area (Å²) in [5.74, 6) is 1.23. The van der Waals surface area contributed by atoms with Crippen molar-refractivity contribution < 1.29 is 0 Å². The summed E-state index contributed by atoms with van der Waals surface area (Å²) >= 11 is 1.63. The predicted octanol–water partition coefficient (Wildman–Crippen LogP) is 2.58. The van der Waals surface area contributed by atoms with Crippen LogP contribution in [0.4, 0.5) is 11.9 Å². The van der Waals surface area contributed by atoms with Crippen LogP contribution in [0.2, 0.25) is 0 Å². The van der Waals surface area contributed by atoms with Gasteiger partial charge in [0.2, 0.25) is 11.9 Å². The van der Waals surface area contributed by atoms with E-state index in [9.17, 15) is 4.79 Å². The Morgan fingerprint density at radius 1 is 0.964 bits per heavy atom. The van der Waals surface area contributed by atoms with Crippen molar-refractivity contribution in [3.05, 3.63) is 59.5 Å². The van der Waals surface area contributed by atoms with E-state index in [1.54, 1.807) is 42.5 Å². The molecule has 28 heavy (non-hydrogen) atoms. The van der Waals surface area contributed by atoms with Crippen LogP contribution in [-0.2, 0) is 0 Å². The lowest BCUT2D eigenvalue weighted by atomic mass is 10.2. The van der Waals surface area contributed by atoms with Gasteiger partial charge in [0.05, 0.1) is 18.1 Å². The van der Waals surface area contributed by atoms with Crippen molar-refractivity contribution in [2.75, 3.05) is 16.9 Å². The van der Waals surface area contributed by atoms with Crippen molar-refractivity contribution in [3.63, 3.8) is 0 Å². The maximum absolute atomic E-state index is 11.9. The zero-order valence-corrected chi connectivity index (χ0v) is 16.3. The Labute approximate surface area is 166 Å². The van der Waals surface area contributed by atoms with E-state index in [0.717, 1.165) is 24.2 Å². The minimum Gasteiger partial charge on any atom is -0.351 e. The van der Waals surface area contributed by atoms with Gasteiger partial charge in [-0.3, -0.25) is 9.36 Å². The second-order valence-electron chi connectivity index (χ2n) is 6.62. The minimum absolute atomic E-state index is 0.107. The van der Waals surface area contributed by atoms with Gasteiger partial charge >= 0.3 is 0 Å². The molecule has 3 aromatic heterocycles. The topological polar surface area (TPSA) is 97.6 Å². The molecular weight excluding hydrogens is 374 g/mol. The summed E-state index contributed by atoms with van der Waals surface area (Å²) in [5.41, 5.74) is 0.539. The molecule has 0 saturated heterocycles. The van der Waals surface area contributed by atoms with Crippen molar-refractivity contribution in [2.24, 2.45) is 0 Å². The van der Waals surface area contributed by atoms with Crippen LogP contribution in [0.5, 0.6) is 0 Å². The van der Waals surface area contributed by atoms with E-state index in [4.69, 9.17) is 0 Å². The Hall–Kier alpha value is -2.94. The highest BCUT2D eigenvalue weighted by Gasteiger charge is 2.25. The lowest BCUT2D eigenvalue weighted by molar-refractivity contribution is 0.712. The average Bonchev–Trinajstić information content (AvgIpc) is 3.16. The average molecular weight is 395 g/mol. The second-order valence-corrected chi connectivity index (χ2v) is 7.50. The van der Waals surface area contributed by atoms with Gasteiger partial charge < -0.3 is 10.6 Å². The van der Waals surface area contributed by atoms with Gasteiger partial charge in [-0.15, -0.1) is 11.8 Å². The van der Waals surface area contributed by atoms with Crippen LogP contribution in [-0.4, -0.2) is 42.8 Å². The molecule has 1 saturated carbocycles. The highest BCUT2D eigenvalue weighted by molar-refractivity contribution is 7.98. The van der Waals surface area contributed by atoms with Crippen LogP contribution in [0, 0.1) is 0 Å². The Balaban J connectivity index is 1.34. The smallest absolute Gasteiger partial charge is 0.255 e. The molecule has 2 atom stereocenters. The molecule has 144 valence electrons. The highest BCUT2D eigenvalue weighted by atomic mass is 32.2. The summed E-state index contributed by atoms with van der Waals surface area (Å²) in [6, 6.07) is 5.63.